The summed E-state index contributed by atoms with van der Waals surface area (Å²) in [5, 5.41) is 2.80. The van der Waals surface area contributed by atoms with E-state index in [0.29, 0.717) is 17.1 Å². The van der Waals surface area contributed by atoms with E-state index in [-0.39, 0.29) is 11.9 Å². The van der Waals surface area contributed by atoms with E-state index < -0.39 is 0 Å². The zero-order chi connectivity index (χ0) is 18.1. The molecule has 4 rings (SSSR count). The van der Waals surface area contributed by atoms with Crippen molar-refractivity contribution in [3.63, 3.8) is 0 Å². The largest absolute Gasteiger partial charge is 0.497 e. The van der Waals surface area contributed by atoms with Crippen LogP contribution in [0.5, 0.6) is 5.75 Å². The van der Waals surface area contributed by atoms with Crippen LogP contribution in [0, 0.1) is 0 Å². The van der Waals surface area contributed by atoms with Gasteiger partial charge in [-0.2, -0.15) is 0 Å². The second kappa shape index (κ2) is 7.14. The van der Waals surface area contributed by atoms with E-state index in [1.165, 1.54) is 10.4 Å². The summed E-state index contributed by atoms with van der Waals surface area (Å²) in [6.45, 7) is 0.700. The molecule has 0 bridgehead atoms. The van der Waals surface area contributed by atoms with Gasteiger partial charge in [0.15, 0.2) is 0 Å². The van der Waals surface area contributed by atoms with Crippen LogP contribution < -0.4 is 4.74 Å². The number of fused-ring (bicyclic) bond motifs is 1. The number of rotatable bonds is 3. The minimum atomic E-state index is -0.0862. The van der Waals surface area contributed by atoms with Gasteiger partial charge in [-0.15, -0.1) is 11.3 Å². The fourth-order valence-electron chi connectivity index (χ4n) is 3.44. The predicted octanol–water partition coefficient (Wildman–Crippen LogP) is 5.20. The highest BCUT2D eigenvalue weighted by Crippen LogP contribution is 2.38. The first-order chi connectivity index (χ1) is 12.7. The summed E-state index contributed by atoms with van der Waals surface area (Å²) in [6, 6.07) is 17.1. The van der Waals surface area contributed by atoms with E-state index in [1.807, 2.05) is 53.4 Å². The van der Waals surface area contributed by atoms with Crippen LogP contribution in [0.25, 0.3) is 0 Å². The van der Waals surface area contributed by atoms with E-state index in [2.05, 4.69) is 11.4 Å². The van der Waals surface area contributed by atoms with E-state index in [9.17, 15) is 4.79 Å². The van der Waals surface area contributed by atoms with Gasteiger partial charge in [0, 0.05) is 22.0 Å². The molecule has 5 heteroatoms. The molecule has 2 heterocycles. The Kier molecular flexibility index (Phi) is 4.70. The van der Waals surface area contributed by atoms with Gasteiger partial charge >= 0.3 is 0 Å². The molecule has 0 fully saturated rings. The topological polar surface area (TPSA) is 29.5 Å². The molecule has 1 amide bonds. The predicted molar refractivity (Wildman–Crippen MR) is 105 cm³/mol. The molecular weight excluding hydrogens is 366 g/mol. The lowest BCUT2D eigenvalue weighted by Gasteiger charge is -2.36. The van der Waals surface area contributed by atoms with Crippen LogP contribution in [-0.4, -0.2) is 24.5 Å². The number of carbonyl (C=O) groups excluding carboxylic acids is 1. The van der Waals surface area contributed by atoms with Crippen molar-refractivity contribution in [3.05, 3.63) is 86.6 Å². The van der Waals surface area contributed by atoms with Crippen molar-refractivity contribution < 1.29 is 9.53 Å². The zero-order valence-electron chi connectivity index (χ0n) is 14.3. The SMILES string of the molecule is COc1ccc(C(=O)N2CCc3sccc3[C@H]2c2ccc(Cl)cc2)cc1. The standard InChI is InChI=1S/C21H18ClNO2S/c1-25-17-8-4-15(5-9-17)21(24)23-12-10-19-18(11-13-26-19)20(23)14-2-6-16(22)7-3-14/h2-9,11,13,20H,10,12H2,1H3/t20-/m1/s1. The quantitative estimate of drug-likeness (QED) is 0.622. The van der Waals surface area contributed by atoms with Gasteiger partial charge in [0.25, 0.3) is 5.91 Å². The fourth-order valence-corrected chi connectivity index (χ4v) is 4.47. The Balaban J connectivity index is 1.73. The van der Waals surface area contributed by atoms with Crippen molar-refractivity contribution in [2.24, 2.45) is 0 Å². The van der Waals surface area contributed by atoms with E-state index >= 15 is 0 Å². The van der Waals surface area contributed by atoms with Crippen LogP contribution in [0.15, 0.2) is 60.0 Å². The van der Waals surface area contributed by atoms with E-state index in [1.54, 1.807) is 18.4 Å². The first kappa shape index (κ1) is 17.1. The minimum Gasteiger partial charge on any atom is -0.497 e. The third kappa shape index (κ3) is 3.11. The maximum absolute atomic E-state index is 13.2. The molecule has 0 unspecified atom stereocenters. The highest BCUT2D eigenvalue weighted by molar-refractivity contribution is 7.10. The molecule has 1 aliphatic heterocycles. The number of hydrogen-bond donors (Lipinski definition) is 0. The summed E-state index contributed by atoms with van der Waals surface area (Å²) in [5.74, 6) is 0.777. The number of thiophene rings is 1. The Hall–Kier alpha value is -2.30. The highest BCUT2D eigenvalue weighted by Gasteiger charge is 2.33. The molecule has 0 N–H and O–H groups in total. The van der Waals surface area contributed by atoms with Gasteiger partial charge < -0.3 is 9.64 Å². The molecular formula is C21H18ClNO2S. The van der Waals surface area contributed by atoms with Gasteiger partial charge in [-0.3, -0.25) is 4.79 Å². The molecule has 1 aliphatic rings. The normalized spacial score (nSPS) is 16.2. The summed E-state index contributed by atoms with van der Waals surface area (Å²) in [5.41, 5.74) is 2.96. The number of amides is 1. The third-order valence-corrected chi connectivity index (χ3v) is 6.00. The summed E-state index contributed by atoms with van der Waals surface area (Å²) < 4.78 is 5.20. The number of methoxy groups -OCH3 is 1. The lowest BCUT2D eigenvalue weighted by Crippen LogP contribution is -2.40. The van der Waals surface area contributed by atoms with Crippen LogP contribution in [0.3, 0.4) is 0 Å². The van der Waals surface area contributed by atoms with Crippen LogP contribution in [-0.2, 0) is 6.42 Å². The first-order valence-electron chi connectivity index (χ1n) is 8.44. The first-order valence-corrected chi connectivity index (χ1v) is 9.70. The number of halogens is 1. The molecule has 3 nitrogen and oxygen atoms in total. The summed E-state index contributed by atoms with van der Waals surface area (Å²) in [7, 11) is 1.62. The third-order valence-electron chi connectivity index (χ3n) is 4.75. The van der Waals surface area contributed by atoms with Crippen molar-refractivity contribution in [1.82, 2.24) is 4.90 Å². The molecule has 0 aliphatic carbocycles. The Labute approximate surface area is 161 Å². The van der Waals surface area contributed by atoms with Crippen molar-refractivity contribution in [2.75, 3.05) is 13.7 Å². The summed E-state index contributed by atoms with van der Waals surface area (Å²) in [4.78, 5) is 16.6. The lowest BCUT2D eigenvalue weighted by molar-refractivity contribution is 0.0696. The molecule has 0 saturated heterocycles. The van der Waals surface area contributed by atoms with Gasteiger partial charge in [-0.1, -0.05) is 23.7 Å². The van der Waals surface area contributed by atoms with E-state index in [4.69, 9.17) is 16.3 Å². The molecule has 26 heavy (non-hydrogen) atoms. The average Bonchev–Trinajstić information content (AvgIpc) is 3.16. The summed E-state index contributed by atoms with van der Waals surface area (Å²) >= 11 is 7.82. The van der Waals surface area contributed by atoms with Crippen molar-refractivity contribution >= 4 is 28.8 Å². The van der Waals surface area contributed by atoms with Gasteiger partial charge in [-0.25, -0.2) is 0 Å². The van der Waals surface area contributed by atoms with Crippen molar-refractivity contribution in [3.8, 4) is 5.75 Å². The average molecular weight is 384 g/mol. The Morgan fingerprint density at radius 2 is 1.85 bits per heavy atom. The Morgan fingerprint density at radius 1 is 1.12 bits per heavy atom. The smallest absolute Gasteiger partial charge is 0.254 e. The Bertz CT molecular complexity index is 918. The highest BCUT2D eigenvalue weighted by atomic mass is 35.5. The molecule has 1 atom stereocenters. The number of carbonyl (C=O) groups is 1. The van der Waals surface area contributed by atoms with E-state index in [0.717, 1.165) is 17.7 Å². The van der Waals surface area contributed by atoms with Gasteiger partial charge in [0.1, 0.15) is 5.75 Å². The van der Waals surface area contributed by atoms with Crippen LogP contribution in [0.4, 0.5) is 0 Å². The second-order valence-corrected chi connectivity index (χ2v) is 7.67. The maximum Gasteiger partial charge on any atom is 0.254 e. The van der Waals surface area contributed by atoms with Crippen LogP contribution in [0.2, 0.25) is 5.02 Å². The zero-order valence-corrected chi connectivity index (χ0v) is 15.9. The molecule has 2 aromatic carbocycles. The van der Waals surface area contributed by atoms with Gasteiger partial charge in [0.2, 0.25) is 0 Å². The van der Waals surface area contributed by atoms with Crippen LogP contribution in [0.1, 0.15) is 32.4 Å². The maximum atomic E-state index is 13.2. The molecule has 132 valence electrons. The Morgan fingerprint density at radius 3 is 2.54 bits per heavy atom. The molecule has 0 saturated carbocycles. The number of hydrogen-bond acceptors (Lipinski definition) is 3. The lowest BCUT2D eigenvalue weighted by atomic mass is 9.92. The fraction of sp³-hybridized carbons (Fsp3) is 0.190. The van der Waals surface area contributed by atoms with Crippen molar-refractivity contribution in [2.45, 2.75) is 12.5 Å². The number of ether oxygens (including phenoxy) is 1. The number of nitrogens with zero attached hydrogens (tertiary/aromatic N) is 1. The van der Waals surface area contributed by atoms with Gasteiger partial charge in [-0.05, 0) is 65.4 Å². The van der Waals surface area contributed by atoms with Crippen LogP contribution >= 0.6 is 22.9 Å². The number of benzene rings is 2. The molecule has 1 aromatic heterocycles. The minimum absolute atomic E-state index is 0.0319. The molecule has 3 aromatic rings. The van der Waals surface area contributed by atoms with Crippen molar-refractivity contribution in [1.29, 1.82) is 0 Å². The molecule has 0 spiro atoms. The van der Waals surface area contributed by atoms with Gasteiger partial charge in [0.05, 0.1) is 13.2 Å². The summed E-state index contributed by atoms with van der Waals surface area (Å²) in [6.07, 6.45) is 0.888. The molecule has 0 radical (unpaired) electrons. The monoisotopic (exact) mass is 383 g/mol. The second-order valence-electron chi connectivity index (χ2n) is 6.23.